The van der Waals surface area contributed by atoms with Gasteiger partial charge in [0.05, 0.1) is 17.6 Å². The first kappa shape index (κ1) is 24.1. The number of rotatable bonds is 8. The zero-order chi connectivity index (χ0) is 23.5. The normalized spacial score (nSPS) is 12.2. The number of hydrogen-bond acceptors (Lipinski definition) is 5. The molecule has 0 saturated carbocycles. The highest BCUT2D eigenvalue weighted by atomic mass is 32.2. The summed E-state index contributed by atoms with van der Waals surface area (Å²) in [5, 5.41) is 1.36. The molecule has 32 heavy (non-hydrogen) atoms. The number of thiophene rings is 1. The van der Waals surface area contributed by atoms with E-state index in [9.17, 15) is 26.4 Å². The Morgan fingerprint density at radius 3 is 2.31 bits per heavy atom. The number of sulfonamides is 1. The number of aryl methyl sites for hydroxylation is 1. The molecule has 10 heteroatoms. The van der Waals surface area contributed by atoms with Crippen molar-refractivity contribution in [2.24, 2.45) is 0 Å². The number of halogens is 3. The minimum atomic E-state index is -4.29. The largest absolute Gasteiger partial charge is 0.465 e. The van der Waals surface area contributed by atoms with Gasteiger partial charge in [-0.2, -0.15) is 13.2 Å². The number of alkyl halides is 3. The van der Waals surface area contributed by atoms with Gasteiger partial charge in [0.2, 0.25) is 0 Å². The molecule has 0 N–H and O–H groups in total. The molecule has 1 aromatic heterocycles. The summed E-state index contributed by atoms with van der Waals surface area (Å²) in [6, 6.07) is 12.7. The van der Waals surface area contributed by atoms with E-state index in [0.29, 0.717) is 5.00 Å². The van der Waals surface area contributed by atoms with Gasteiger partial charge in [-0.05, 0) is 61.0 Å². The monoisotopic (exact) mass is 485 g/mol. The van der Waals surface area contributed by atoms with Crippen molar-refractivity contribution in [1.29, 1.82) is 0 Å². The summed E-state index contributed by atoms with van der Waals surface area (Å²) in [6.07, 6.45) is -5.39. The molecule has 0 fully saturated rings. The van der Waals surface area contributed by atoms with Gasteiger partial charge in [-0.25, -0.2) is 13.2 Å². The van der Waals surface area contributed by atoms with E-state index in [2.05, 4.69) is 4.74 Å². The van der Waals surface area contributed by atoms with Crippen LogP contribution in [-0.2, 0) is 14.8 Å². The first-order valence-electron chi connectivity index (χ1n) is 9.80. The second-order valence-corrected chi connectivity index (χ2v) is 10.1. The zero-order valence-corrected chi connectivity index (χ0v) is 19.1. The lowest BCUT2D eigenvalue weighted by molar-refractivity contribution is -0.135. The highest BCUT2D eigenvalue weighted by molar-refractivity contribution is 7.93. The summed E-state index contributed by atoms with van der Waals surface area (Å²) in [4.78, 5) is 11.6. The molecular weight excluding hydrogens is 463 g/mol. The average Bonchev–Trinajstić information content (AvgIpc) is 3.08. The minimum absolute atomic E-state index is 0.0483. The van der Waals surface area contributed by atoms with Crippen molar-refractivity contribution in [1.82, 2.24) is 0 Å². The second kappa shape index (κ2) is 9.50. The molecule has 5 nitrogen and oxygen atoms in total. The van der Waals surface area contributed by atoms with E-state index >= 15 is 0 Å². The lowest BCUT2D eigenvalue weighted by atomic mass is 10.2. The molecule has 172 valence electrons. The van der Waals surface area contributed by atoms with Crippen LogP contribution in [0.25, 0.3) is 10.1 Å². The van der Waals surface area contributed by atoms with Gasteiger partial charge < -0.3 is 4.74 Å². The fourth-order valence-corrected chi connectivity index (χ4v) is 6.33. The molecular formula is C22H22F3NO4S2. The van der Waals surface area contributed by atoms with Gasteiger partial charge in [0.25, 0.3) is 10.0 Å². The summed E-state index contributed by atoms with van der Waals surface area (Å²) in [7, 11) is -2.86. The lowest BCUT2D eigenvalue weighted by Crippen LogP contribution is -2.32. The van der Waals surface area contributed by atoms with Gasteiger partial charge in [-0.3, -0.25) is 4.31 Å². The molecule has 0 atom stereocenters. The lowest BCUT2D eigenvalue weighted by Gasteiger charge is -2.24. The van der Waals surface area contributed by atoms with E-state index in [1.165, 1.54) is 47.0 Å². The first-order valence-corrected chi connectivity index (χ1v) is 12.1. The van der Waals surface area contributed by atoms with Gasteiger partial charge in [0, 0.05) is 17.7 Å². The van der Waals surface area contributed by atoms with Gasteiger partial charge in [0.15, 0.2) is 0 Å². The van der Waals surface area contributed by atoms with E-state index in [0.717, 1.165) is 15.6 Å². The fourth-order valence-electron chi connectivity index (χ4n) is 3.32. The summed E-state index contributed by atoms with van der Waals surface area (Å²) >= 11 is 1.28. The summed E-state index contributed by atoms with van der Waals surface area (Å²) in [5.41, 5.74) is 0.942. The van der Waals surface area contributed by atoms with Crippen LogP contribution in [0.1, 0.15) is 35.2 Å². The highest BCUT2D eigenvalue weighted by Crippen LogP contribution is 2.40. The molecule has 0 saturated heterocycles. The van der Waals surface area contributed by atoms with Gasteiger partial charge in [-0.1, -0.05) is 18.2 Å². The summed E-state index contributed by atoms with van der Waals surface area (Å²) < 4.78 is 71.4. The number of anilines is 1. The van der Waals surface area contributed by atoms with Crippen LogP contribution in [0.15, 0.2) is 53.4 Å². The van der Waals surface area contributed by atoms with Crippen LogP contribution in [0.3, 0.4) is 0 Å². The quantitative estimate of drug-likeness (QED) is 0.293. The molecule has 0 bridgehead atoms. The Morgan fingerprint density at radius 1 is 1.06 bits per heavy atom. The van der Waals surface area contributed by atoms with E-state index in [-0.39, 0.29) is 29.8 Å². The van der Waals surface area contributed by atoms with Crippen molar-refractivity contribution in [2.75, 3.05) is 18.0 Å². The maximum absolute atomic E-state index is 13.5. The predicted molar refractivity (Wildman–Crippen MR) is 119 cm³/mol. The maximum Gasteiger partial charge on any atom is 0.389 e. The molecule has 3 aromatic rings. The molecule has 2 aromatic carbocycles. The topological polar surface area (TPSA) is 63.7 Å². The molecule has 0 unspecified atom stereocenters. The number of carbonyl (C=O) groups is 1. The van der Waals surface area contributed by atoms with Crippen molar-refractivity contribution in [3.05, 3.63) is 59.7 Å². The number of fused-ring (bicyclic) bond motifs is 1. The van der Waals surface area contributed by atoms with E-state index in [4.69, 9.17) is 0 Å². The zero-order valence-electron chi connectivity index (χ0n) is 17.5. The van der Waals surface area contributed by atoms with Gasteiger partial charge in [0.1, 0.15) is 5.00 Å². The predicted octanol–water partition coefficient (Wildman–Crippen LogP) is 5.92. The Balaban J connectivity index is 1.98. The minimum Gasteiger partial charge on any atom is -0.465 e. The molecule has 0 aliphatic carbocycles. The molecule has 0 spiro atoms. The Labute approximate surface area is 188 Å². The number of esters is 1. The SMILES string of the molecule is COC(=O)c1ccc(S(=O)(=O)N(CCCCC(F)(F)F)c2sc3ccccc3c2C)cc1. The standard InChI is InChI=1S/C22H22F3NO4S2/c1-15-18-7-3-4-8-19(18)31-20(15)26(14-6-5-13-22(23,24)25)32(28,29)17-11-9-16(10-12-17)21(27)30-2/h3-4,7-12H,5-6,13-14H2,1-2H3. The first-order chi connectivity index (χ1) is 15.0. The third-order valence-corrected chi connectivity index (χ3v) is 8.20. The Hall–Kier alpha value is -2.59. The van der Waals surface area contributed by atoms with Crippen molar-refractivity contribution in [3.8, 4) is 0 Å². The van der Waals surface area contributed by atoms with Crippen LogP contribution < -0.4 is 4.31 Å². The third kappa shape index (κ3) is 5.24. The van der Waals surface area contributed by atoms with E-state index < -0.39 is 28.6 Å². The van der Waals surface area contributed by atoms with Crippen molar-refractivity contribution in [3.63, 3.8) is 0 Å². The van der Waals surface area contributed by atoms with Crippen molar-refractivity contribution in [2.45, 2.75) is 37.3 Å². The number of carbonyl (C=O) groups excluding carboxylic acids is 1. The average molecular weight is 486 g/mol. The number of ether oxygens (including phenoxy) is 1. The fraction of sp³-hybridized carbons (Fsp3) is 0.318. The third-order valence-electron chi connectivity index (χ3n) is 4.98. The molecule has 0 amide bonds. The van der Waals surface area contributed by atoms with Crippen LogP contribution in [-0.4, -0.2) is 34.2 Å². The number of unbranched alkanes of at least 4 members (excludes halogenated alkanes) is 1. The number of benzene rings is 2. The van der Waals surface area contributed by atoms with Crippen LogP contribution in [0.2, 0.25) is 0 Å². The van der Waals surface area contributed by atoms with Gasteiger partial charge >= 0.3 is 12.1 Å². The maximum atomic E-state index is 13.5. The summed E-state index contributed by atoms with van der Waals surface area (Å²) in [5.74, 6) is -0.599. The Kier molecular flexibility index (Phi) is 7.14. The molecule has 0 aliphatic rings. The second-order valence-electron chi connectivity index (χ2n) is 7.19. The van der Waals surface area contributed by atoms with Gasteiger partial charge in [-0.15, -0.1) is 11.3 Å². The molecule has 0 aliphatic heterocycles. The molecule has 1 heterocycles. The van der Waals surface area contributed by atoms with E-state index in [1.54, 1.807) is 6.92 Å². The van der Waals surface area contributed by atoms with E-state index in [1.807, 2.05) is 24.3 Å². The number of methoxy groups -OCH3 is 1. The number of hydrogen-bond donors (Lipinski definition) is 0. The van der Waals surface area contributed by atoms with Crippen LogP contribution in [0.5, 0.6) is 0 Å². The summed E-state index contributed by atoms with van der Waals surface area (Å²) in [6.45, 7) is 1.71. The highest BCUT2D eigenvalue weighted by Gasteiger charge is 2.30. The molecule has 3 rings (SSSR count). The smallest absolute Gasteiger partial charge is 0.389 e. The number of nitrogens with zero attached hydrogens (tertiary/aromatic N) is 1. The van der Waals surface area contributed by atoms with Crippen molar-refractivity contribution < 1.29 is 31.1 Å². The molecule has 0 radical (unpaired) electrons. The Bertz CT molecular complexity index is 1200. The van der Waals surface area contributed by atoms with Crippen LogP contribution in [0.4, 0.5) is 18.2 Å². The Morgan fingerprint density at radius 2 is 1.72 bits per heavy atom. The van der Waals surface area contributed by atoms with Crippen molar-refractivity contribution >= 4 is 42.4 Å². The van der Waals surface area contributed by atoms with Crippen LogP contribution >= 0.6 is 11.3 Å². The van der Waals surface area contributed by atoms with Crippen LogP contribution in [0, 0.1) is 6.92 Å².